The summed E-state index contributed by atoms with van der Waals surface area (Å²) in [6.07, 6.45) is 1.62. The summed E-state index contributed by atoms with van der Waals surface area (Å²) in [4.78, 5) is 28.4. The van der Waals surface area contributed by atoms with Gasteiger partial charge in [0, 0.05) is 18.0 Å². The van der Waals surface area contributed by atoms with E-state index >= 15 is 0 Å². The lowest BCUT2D eigenvalue weighted by Crippen LogP contribution is -2.08. The molecule has 3 rings (SSSR count). The van der Waals surface area contributed by atoms with Crippen molar-refractivity contribution in [2.24, 2.45) is 0 Å². The van der Waals surface area contributed by atoms with Gasteiger partial charge >= 0.3 is 11.9 Å². The minimum absolute atomic E-state index is 0.0329. The lowest BCUT2D eigenvalue weighted by atomic mass is 10.1. The Morgan fingerprint density at radius 2 is 2.00 bits per heavy atom. The van der Waals surface area contributed by atoms with Gasteiger partial charge in [-0.2, -0.15) is 0 Å². The van der Waals surface area contributed by atoms with Gasteiger partial charge in [-0.3, -0.25) is 0 Å². The predicted molar refractivity (Wildman–Crippen MR) is 102 cm³/mol. The topological polar surface area (TPSA) is 91.5 Å². The van der Waals surface area contributed by atoms with Gasteiger partial charge in [-0.15, -0.1) is 0 Å². The van der Waals surface area contributed by atoms with E-state index in [4.69, 9.17) is 14.0 Å². The van der Waals surface area contributed by atoms with E-state index < -0.39 is 11.9 Å². The van der Waals surface area contributed by atoms with E-state index in [0.717, 1.165) is 11.5 Å². The Balaban J connectivity index is 1.65. The van der Waals surface area contributed by atoms with Crippen molar-refractivity contribution in [3.63, 3.8) is 0 Å². The highest BCUT2D eigenvalue weighted by atomic mass is 32.2. The summed E-state index contributed by atoms with van der Waals surface area (Å²) in [7, 11) is 1.32. The van der Waals surface area contributed by atoms with Crippen LogP contribution in [0.15, 0.2) is 58.2 Å². The number of hydrogen-bond donors (Lipinski definition) is 0. The summed E-state index contributed by atoms with van der Waals surface area (Å²) in [5.74, 6) is 0.318. The third-order valence-electron chi connectivity index (χ3n) is 3.74. The number of methoxy groups -OCH3 is 1. The number of nitrogens with zero attached hydrogens (tertiary/aromatic N) is 2. The molecule has 0 N–H and O–H groups in total. The summed E-state index contributed by atoms with van der Waals surface area (Å²) < 4.78 is 15.1. The highest BCUT2D eigenvalue weighted by Crippen LogP contribution is 2.25. The van der Waals surface area contributed by atoms with Crippen molar-refractivity contribution in [3.8, 4) is 0 Å². The first-order chi connectivity index (χ1) is 13.6. The molecule has 144 valence electrons. The maximum absolute atomic E-state index is 12.5. The fraction of sp³-hybridized carbons (Fsp3) is 0.200. The van der Waals surface area contributed by atoms with Crippen LogP contribution in [0.5, 0.6) is 0 Å². The highest BCUT2D eigenvalue weighted by molar-refractivity contribution is 7.98. The standard InChI is InChI=1S/C20H18N2O5S/c1-13-9-16(22-27-13)12-28-18-17(7-4-8-21-18)20(24)26-11-14-5-3-6-15(10-14)19(23)25-2/h3-10H,11-12H2,1-2H3. The summed E-state index contributed by atoms with van der Waals surface area (Å²) in [5, 5.41) is 4.49. The molecule has 0 atom stereocenters. The molecule has 0 aliphatic rings. The fourth-order valence-corrected chi connectivity index (χ4v) is 3.28. The normalized spacial score (nSPS) is 10.5. The Morgan fingerprint density at radius 1 is 1.14 bits per heavy atom. The first kappa shape index (κ1) is 19.6. The molecule has 1 aromatic carbocycles. The van der Waals surface area contributed by atoms with E-state index in [1.165, 1.54) is 18.9 Å². The van der Waals surface area contributed by atoms with E-state index in [-0.39, 0.29) is 6.61 Å². The predicted octanol–water partition coefficient (Wildman–Crippen LogP) is 3.81. The van der Waals surface area contributed by atoms with Gasteiger partial charge in [0.25, 0.3) is 0 Å². The number of thioether (sulfide) groups is 1. The molecule has 0 saturated heterocycles. The molecular formula is C20H18N2O5S. The fourth-order valence-electron chi connectivity index (χ4n) is 2.42. The quantitative estimate of drug-likeness (QED) is 0.438. The van der Waals surface area contributed by atoms with Crippen LogP contribution in [0.3, 0.4) is 0 Å². The van der Waals surface area contributed by atoms with Crippen LogP contribution in [0.1, 0.15) is 37.7 Å². The van der Waals surface area contributed by atoms with Gasteiger partial charge < -0.3 is 14.0 Å². The number of pyridine rings is 1. The molecule has 2 aromatic heterocycles. The zero-order chi connectivity index (χ0) is 19.9. The molecule has 0 aliphatic heterocycles. The Morgan fingerprint density at radius 3 is 2.75 bits per heavy atom. The molecule has 0 fully saturated rings. The Kier molecular flexibility index (Phi) is 6.44. The van der Waals surface area contributed by atoms with Crippen molar-refractivity contribution in [1.29, 1.82) is 0 Å². The monoisotopic (exact) mass is 398 g/mol. The number of carbonyl (C=O) groups excluding carboxylic acids is 2. The minimum Gasteiger partial charge on any atom is -0.465 e. The van der Waals surface area contributed by atoms with E-state index in [9.17, 15) is 9.59 Å². The van der Waals surface area contributed by atoms with Crippen molar-refractivity contribution < 1.29 is 23.6 Å². The molecule has 0 unspecified atom stereocenters. The van der Waals surface area contributed by atoms with Crippen LogP contribution in [0.2, 0.25) is 0 Å². The molecule has 0 aliphatic carbocycles. The maximum atomic E-state index is 12.5. The summed E-state index contributed by atoms with van der Waals surface area (Å²) in [6.45, 7) is 1.85. The lowest BCUT2D eigenvalue weighted by molar-refractivity contribution is 0.0467. The van der Waals surface area contributed by atoms with Crippen LogP contribution in [-0.4, -0.2) is 29.2 Å². The summed E-state index contributed by atoms with van der Waals surface area (Å²) in [5.41, 5.74) is 2.23. The van der Waals surface area contributed by atoms with Crippen molar-refractivity contribution >= 4 is 23.7 Å². The first-order valence-corrected chi connectivity index (χ1v) is 9.40. The average molecular weight is 398 g/mol. The van der Waals surface area contributed by atoms with Gasteiger partial charge in [-0.05, 0) is 36.8 Å². The second-order valence-corrected chi connectivity index (χ2v) is 6.81. The zero-order valence-electron chi connectivity index (χ0n) is 15.4. The molecule has 0 amide bonds. The Hall–Kier alpha value is -3.13. The molecule has 28 heavy (non-hydrogen) atoms. The van der Waals surface area contributed by atoms with Crippen molar-refractivity contribution in [3.05, 3.63) is 76.8 Å². The van der Waals surface area contributed by atoms with Crippen molar-refractivity contribution in [1.82, 2.24) is 10.1 Å². The number of hydrogen-bond acceptors (Lipinski definition) is 8. The molecule has 0 spiro atoms. The smallest absolute Gasteiger partial charge is 0.341 e. The van der Waals surface area contributed by atoms with E-state index in [1.807, 2.05) is 13.0 Å². The average Bonchev–Trinajstić information content (AvgIpc) is 3.15. The summed E-state index contributed by atoms with van der Waals surface area (Å²) >= 11 is 1.38. The Labute approximate surface area is 166 Å². The van der Waals surface area contributed by atoms with Gasteiger partial charge in [0.2, 0.25) is 0 Å². The molecule has 0 saturated carbocycles. The van der Waals surface area contributed by atoms with Crippen LogP contribution in [0, 0.1) is 6.92 Å². The zero-order valence-corrected chi connectivity index (χ0v) is 16.2. The number of rotatable bonds is 7. The third-order valence-corrected chi connectivity index (χ3v) is 4.78. The molecular weight excluding hydrogens is 380 g/mol. The van der Waals surface area contributed by atoms with Gasteiger partial charge in [0.15, 0.2) is 0 Å². The summed E-state index contributed by atoms with van der Waals surface area (Å²) in [6, 6.07) is 11.9. The second kappa shape index (κ2) is 9.18. The van der Waals surface area contributed by atoms with Crippen molar-refractivity contribution in [2.75, 3.05) is 7.11 Å². The number of aryl methyl sites for hydroxylation is 1. The molecule has 8 heteroatoms. The van der Waals surface area contributed by atoms with Gasteiger partial charge in [-0.1, -0.05) is 29.1 Å². The second-order valence-electron chi connectivity index (χ2n) is 5.84. The Bertz CT molecular complexity index is 986. The molecule has 3 aromatic rings. The SMILES string of the molecule is COC(=O)c1cccc(COC(=O)c2cccnc2SCc2cc(C)on2)c1. The maximum Gasteiger partial charge on any atom is 0.341 e. The van der Waals surface area contributed by atoms with Crippen LogP contribution in [-0.2, 0) is 21.8 Å². The molecule has 2 heterocycles. The van der Waals surface area contributed by atoms with Crippen LogP contribution in [0.25, 0.3) is 0 Å². The molecule has 0 radical (unpaired) electrons. The number of esters is 2. The van der Waals surface area contributed by atoms with Crippen LogP contribution in [0.4, 0.5) is 0 Å². The largest absolute Gasteiger partial charge is 0.465 e. The van der Waals surface area contributed by atoms with E-state index in [2.05, 4.69) is 10.1 Å². The lowest BCUT2D eigenvalue weighted by Gasteiger charge is -2.09. The number of ether oxygens (including phenoxy) is 2. The van der Waals surface area contributed by atoms with Crippen molar-refractivity contribution in [2.45, 2.75) is 24.3 Å². The van der Waals surface area contributed by atoms with Gasteiger partial charge in [0.05, 0.1) is 23.9 Å². The highest BCUT2D eigenvalue weighted by Gasteiger charge is 2.16. The number of benzene rings is 1. The van der Waals surface area contributed by atoms with Gasteiger partial charge in [-0.25, -0.2) is 14.6 Å². The third kappa shape index (κ3) is 4.98. The minimum atomic E-state index is -0.490. The number of carbonyl (C=O) groups is 2. The molecule has 7 nitrogen and oxygen atoms in total. The van der Waals surface area contributed by atoms with E-state index in [1.54, 1.807) is 42.6 Å². The van der Waals surface area contributed by atoms with Crippen LogP contribution >= 0.6 is 11.8 Å². The van der Waals surface area contributed by atoms with E-state index in [0.29, 0.717) is 27.5 Å². The molecule has 0 bridgehead atoms. The van der Waals surface area contributed by atoms with Gasteiger partial charge in [0.1, 0.15) is 17.4 Å². The van der Waals surface area contributed by atoms with Crippen LogP contribution < -0.4 is 0 Å². The number of aromatic nitrogens is 2. The first-order valence-electron chi connectivity index (χ1n) is 8.41.